The summed E-state index contributed by atoms with van der Waals surface area (Å²) in [4.78, 5) is 48.0. The highest BCUT2D eigenvalue weighted by atomic mass is 16.6. The molecule has 0 heterocycles. The van der Waals surface area contributed by atoms with E-state index < -0.39 is 41.6 Å². The van der Waals surface area contributed by atoms with E-state index in [9.17, 15) is 24.3 Å². The molecule has 0 fully saturated rings. The molecule has 0 saturated heterocycles. The number of rotatable bonds is 14. The van der Waals surface area contributed by atoms with Crippen LogP contribution in [-0.2, 0) is 23.9 Å². The van der Waals surface area contributed by atoms with E-state index in [0.717, 1.165) is 39.5 Å². The molecule has 26 heavy (non-hydrogen) atoms. The molecule has 0 saturated carbocycles. The quantitative estimate of drug-likeness (QED) is 0.272. The Bertz CT molecular complexity index is 470. The number of ketones is 2. The molecule has 0 aromatic heterocycles. The molecule has 0 rings (SSSR count). The number of Topliss-reactive ketones (excluding diaryl/α,β-unsaturated/α-hetero) is 2. The van der Waals surface area contributed by atoms with Crippen LogP contribution in [-0.4, -0.2) is 46.4 Å². The van der Waals surface area contributed by atoms with Crippen LogP contribution in [0.3, 0.4) is 0 Å². The zero-order valence-corrected chi connectivity index (χ0v) is 16.1. The molecule has 2 N–H and O–H groups in total. The largest absolute Gasteiger partial charge is 0.393 e. The second-order valence-electron chi connectivity index (χ2n) is 6.65. The van der Waals surface area contributed by atoms with E-state index in [1.807, 2.05) is 0 Å². The van der Waals surface area contributed by atoms with Crippen LogP contribution in [0.5, 0.6) is 0 Å². The van der Waals surface area contributed by atoms with Crippen LogP contribution in [0.25, 0.3) is 0 Å². The number of aliphatic hydroxyl groups is 2. The van der Waals surface area contributed by atoms with Gasteiger partial charge in [-0.2, -0.15) is 0 Å². The second-order valence-corrected chi connectivity index (χ2v) is 6.65. The summed E-state index contributed by atoms with van der Waals surface area (Å²) in [5.74, 6) is -4.04. The summed E-state index contributed by atoms with van der Waals surface area (Å²) in [6.45, 7) is 3.45. The number of carbonyl (C=O) groups is 4. The first-order valence-electron chi connectivity index (χ1n) is 9.31. The maximum atomic E-state index is 12.3. The predicted octanol–water partition coefficient (Wildman–Crippen LogP) is 2.10. The minimum atomic E-state index is -2.03. The van der Waals surface area contributed by atoms with Crippen molar-refractivity contribution in [1.82, 2.24) is 0 Å². The van der Waals surface area contributed by atoms with Crippen LogP contribution >= 0.6 is 0 Å². The number of esters is 2. The van der Waals surface area contributed by atoms with Gasteiger partial charge in [0.05, 0.1) is 6.61 Å². The van der Waals surface area contributed by atoms with Gasteiger partial charge in [-0.3, -0.25) is 9.59 Å². The van der Waals surface area contributed by atoms with E-state index in [-0.39, 0.29) is 6.42 Å². The molecule has 0 amide bonds. The van der Waals surface area contributed by atoms with Gasteiger partial charge in [0.1, 0.15) is 0 Å². The number of hydrogen-bond donors (Lipinski definition) is 2. The minimum Gasteiger partial charge on any atom is -0.393 e. The molecule has 1 atom stereocenters. The van der Waals surface area contributed by atoms with Crippen molar-refractivity contribution >= 4 is 23.5 Å². The maximum absolute atomic E-state index is 12.3. The van der Waals surface area contributed by atoms with Crippen LogP contribution in [0, 0.1) is 5.41 Å². The Morgan fingerprint density at radius 1 is 0.885 bits per heavy atom. The lowest BCUT2D eigenvalue weighted by atomic mass is 9.75. The van der Waals surface area contributed by atoms with Crippen LogP contribution in [0.1, 0.15) is 78.6 Å². The van der Waals surface area contributed by atoms with Gasteiger partial charge in [0, 0.05) is 0 Å². The highest BCUT2D eigenvalue weighted by molar-refractivity contribution is 6.22. The van der Waals surface area contributed by atoms with Gasteiger partial charge in [-0.25, -0.2) is 9.59 Å². The molecular weight excluding hydrogens is 340 g/mol. The molecule has 0 aliphatic carbocycles. The molecule has 7 heteroatoms. The summed E-state index contributed by atoms with van der Waals surface area (Å²) in [7, 11) is 0. The Labute approximate surface area is 155 Å². The molecule has 7 nitrogen and oxygen atoms in total. The summed E-state index contributed by atoms with van der Waals surface area (Å²) in [6, 6.07) is 0. The molecular formula is C19H32O7. The van der Waals surface area contributed by atoms with Gasteiger partial charge in [0.2, 0.25) is 0 Å². The second kappa shape index (κ2) is 12.7. The van der Waals surface area contributed by atoms with E-state index in [0.29, 0.717) is 6.42 Å². The number of carbonyl (C=O) groups excluding carboxylic acids is 4. The lowest BCUT2D eigenvalue weighted by Gasteiger charge is -2.26. The average molecular weight is 372 g/mol. The van der Waals surface area contributed by atoms with Crippen LogP contribution in [0.2, 0.25) is 0 Å². The normalized spacial score (nSPS) is 12.5. The summed E-state index contributed by atoms with van der Waals surface area (Å²) >= 11 is 0. The first-order valence-corrected chi connectivity index (χ1v) is 9.31. The average Bonchev–Trinajstić information content (AvgIpc) is 2.58. The van der Waals surface area contributed by atoms with E-state index in [4.69, 9.17) is 5.11 Å². The predicted molar refractivity (Wildman–Crippen MR) is 95.2 cm³/mol. The van der Waals surface area contributed by atoms with Gasteiger partial charge in [0.25, 0.3) is 0 Å². The first kappa shape index (κ1) is 24.4. The number of aliphatic hydroxyl groups excluding tert-OH is 2. The standard InChI is InChI=1S/C19H32O7/c1-4-5-6-7-8-9-10-11-12-19(14(2)21,15(3)22)18(25)26-17(24)16(23)13-20/h16,20,23H,4-13H2,1-3H3. The van der Waals surface area contributed by atoms with Crippen molar-refractivity contribution in [1.29, 1.82) is 0 Å². The summed E-state index contributed by atoms with van der Waals surface area (Å²) in [5, 5.41) is 17.9. The summed E-state index contributed by atoms with van der Waals surface area (Å²) < 4.78 is 4.48. The molecule has 1 unspecified atom stereocenters. The fourth-order valence-corrected chi connectivity index (χ4v) is 2.83. The molecule has 0 aromatic carbocycles. The molecule has 0 radical (unpaired) electrons. The Hall–Kier alpha value is -1.60. The molecule has 0 aliphatic rings. The van der Waals surface area contributed by atoms with Gasteiger partial charge in [0.15, 0.2) is 23.1 Å². The first-order chi connectivity index (χ1) is 12.2. The lowest BCUT2D eigenvalue weighted by molar-refractivity contribution is -0.175. The van der Waals surface area contributed by atoms with Gasteiger partial charge < -0.3 is 14.9 Å². The van der Waals surface area contributed by atoms with E-state index in [1.165, 1.54) is 19.3 Å². The zero-order valence-electron chi connectivity index (χ0n) is 16.1. The van der Waals surface area contributed by atoms with Crippen molar-refractivity contribution in [2.75, 3.05) is 6.61 Å². The van der Waals surface area contributed by atoms with Gasteiger partial charge in [-0.15, -0.1) is 0 Å². The Morgan fingerprint density at radius 3 is 1.77 bits per heavy atom. The monoisotopic (exact) mass is 372 g/mol. The van der Waals surface area contributed by atoms with Crippen LogP contribution in [0.15, 0.2) is 0 Å². The smallest absolute Gasteiger partial charge is 0.345 e. The molecule has 0 bridgehead atoms. The summed E-state index contributed by atoms with van der Waals surface area (Å²) in [5.41, 5.74) is -2.03. The Kier molecular flexibility index (Phi) is 11.9. The van der Waals surface area contributed by atoms with E-state index in [2.05, 4.69) is 11.7 Å². The Balaban J connectivity index is 4.79. The van der Waals surface area contributed by atoms with Crippen molar-refractivity contribution in [3.05, 3.63) is 0 Å². The molecule has 150 valence electrons. The number of ether oxygens (including phenoxy) is 1. The van der Waals surface area contributed by atoms with Gasteiger partial charge in [-0.1, -0.05) is 58.3 Å². The third-order valence-corrected chi connectivity index (χ3v) is 4.59. The summed E-state index contributed by atoms with van der Waals surface area (Å²) in [6.07, 6.45) is 5.99. The third-order valence-electron chi connectivity index (χ3n) is 4.59. The van der Waals surface area contributed by atoms with Crippen molar-refractivity contribution in [2.24, 2.45) is 5.41 Å². The van der Waals surface area contributed by atoms with Crippen molar-refractivity contribution < 1.29 is 34.1 Å². The fraction of sp³-hybridized carbons (Fsp3) is 0.789. The zero-order chi connectivity index (χ0) is 20.2. The fourth-order valence-electron chi connectivity index (χ4n) is 2.83. The lowest BCUT2D eigenvalue weighted by Crippen LogP contribution is -2.47. The third kappa shape index (κ3) is 7.33. The van der Waals surface area contributed by atoms with Crippen molar-refractivity contribution in [3.63, 3.8) is 0 Å². The van der Waals surface area contributed by atoms with Crippen molar-refractivity contribution in [3.8, 4) is 0 Å². The molecule has 0 spiro atoms. The minimum absolute atomic E-state index is 0.0338. The van der Waals surface area contributed by atoms with Crippen LogP contribution < -0.4 is 0 Å². The molecule has 0 aliphatic heterocycles. The van der Waals surface area contributed by atoms with E-state index in [1.54, 1.807) is 0 Å². The van der Waals surface area contributed by atoms with Crippen LogP contribution in [0.4, 0.5) is 0 Å². The van der Waals surface area contributed by atoms with E-state index >= 15 is 0 Å². The number of hydrogen-bond acceptors (Lipinski definition) is 7. The SMILES string of the molecule is CCCCCCCCCCC(C(C)=O)(C(C)=O)C(=O)OC(=O)C(O)CO. The highest BCUT2D eigenvalue weighted by Gasteiger charge is 2.50. The Morgan fingerprint density at radius 2 is 1.35 bits per heavy atom. The van der Waals surface area contributed by atoms with Crippen molar-refractivity contribution in [2.45, 2.75) is 84.7 Å². The topological polar surface area (TPSA) is 118 Å². The number of unbranched alkanes of at least 4 members (excludes halogenated alkanes) is 7. The molecule has 0 aromatic rings. The van der Waals surface area contributed by atoms with Gasteiger partial charge in [-0.05, 0) is 20.3 Å². The van der Waals surface area contributed by atoms with Gasteiger partial charge >= 0.3 is 11.9 Å². The highest BCUT2D eigenvalue weighted by Crippen LogP contribution is 2.30. The maximum Gasteiger partial charge on any atom is 0.345 e.